The lowest BCUT2D eigenvalue weighted by Gasteiger charge is -2.18. The molecule has 0 bridgehead atoms. The van der Waals surface area contributed by atoms with Crippen LogP contribution in [0.15, 0.2) is 0 Å². The van der Waals surface area contributed by atoms with Crippen molar-refractivity contribution in [2.45, 2.75) is 27.2 Å². The first-order valence-electron chi connectivity index (χ1n) is 3.70. The van der Waals surface area contributed by atoms with Crippen LogP contribution < -0.4 is 0 Å². The second kappa shape index (κ2) is 4.86. The summed E-state index contributed by atoms with van der Waals surface area (Å²) in [6.07, 6.45) is 1.22. The zero-order valence-corrected chi connectivity index (χ0v) is 6.72. The molecule has 0 aromatic heterocycles. The highest BCUT2D eigenvalue weighted by molar-refractivity contribution is 6.04. The lowest BCUT2D eigenvalue weighted by molar-refractivity contribution is 0.383. The molecule has 0 aliphatic rings. The van der Waals surface area contributed by atoms with Gasteiger partial charge >= 0.3 is 0 Å². The van der Waals surface area contributed by atoms with Crippen molar-refractivity contribution < 1.29 is 0 Å². The third-order valence-electron chi connectivity index (χ3n) is 1.65. The van der Waals surface area contributed by atoms with Crippen LogP contribution in [0.25, 0.3) is 0 Å². The molecule has 0 aromatic rings. The minimum absolute atomic E-state index is 0.731. The molecule has 2 radical (unpaired) electrons. The summed E-state index contributed by atoms with van der Waals surface area (Å²) in [5.41, 5.74) is 0. The molecule has 0 saturated heterocycles. The molecule has 0 fully saturated rings. The Kier molecular flexibility index (Phi) is 4.88. The fraction of sp³-hybridized carbons (Fsp3) is 1.00. The van der Waals surface area contributed by atoms with E-state index in [2.05, 4.69) is 20.8 Å². The summed E-state index contributed by atoms with van der Waals surface area (Å²) in [5.74, 6) is 0.731. The number of hydrogen-bond donors (Lipinski definition) is 0. The third kappa shape index (κ3) is 4.52. The van der Waals surface area contributed by atoms with Crippen LogP contribution in [0, 0.1) is 5.92 Å². The Bertz CT molecular complexity index is 57.9. The number of rotatable bonds is 4. The van der Waals surface area contributed by atoms with Crippen molar-refractivity contribution in [1.29, 1.82) is 0 Å². The fourth-order valence-corrected chi connectivity index (χ4v) is 0.659. The summed E-state index contributed by atoms with van der Waals surface area (Å²) in [6, 6.07) is 0. The molecule has 1 atom stereocenters. The van der Waals surface area contributed by atoms with Gasteiger partial charge in [0.1, 0.15) is 0 Å². The highest BCUT2D eigenvalue weighted by Crippen LogP contribution is 2.00. The summed E-state index contributed by atoms with van der Waals surface area (Å²) in [5, 5.41) is 0. The normalized spacial score (nSPS) is 14.2. The van der Waals surface area contributed by atoms with Crippen molar-refractivity contribution in [2.75, 3.05) is 13.1 Å². The predicted octanol–water partition coefficient (Wildman–Crippen LogP) is 1.44. The van der Waals surface area contributed by atoms with E-state index in [0.717, 1.165) is 19.0 Å². The second-order valence-corrected chi connectivity index (χ2v) is 2.60. The van der Waals surface area contributed by atoms with Crippen molar-refractivity contribution in [3.63, 3.8) is 0 Å². The first-order valence-corrected chi connectivity index (χ1v) is 3.70. The van der Waals surface area contributed by atoms with E-state index in [-0.39, 0.29) is 0 Å². The highest BCUT2D eigenvalue weighted by atomic mass is 15.0. The quantitative estimate of drug-likeness (QED) is 0.514. The number of nitrogens with zero attached hydrogens (tertiary/aromatic N) is 1. The van der Waals surface area contributed by atoms with E-state index in [1.807, 2.05) is 4.81 Å². The van der Waals surface area contributed by atoms with E-state index >= 15 is 0 Å². The molecule has 0 saturated carbocycles. The van der Waals surface area contributed by atoms with Crippen LogP contribution in [0.5, 0.6) is 0 Å². The smallest absolute Gasteiger partial charge is 0.182 e. The monoisotopic (exact) mass is 125 g/mol. The Morgan fingerprint density at radius 2 is 2.00 bits per heavy atom. The summed E-state index contributed by atoms with van der Waals surface area (Å²) in [4.78, 5) is 1.86. The molecule has 0 spiro atoms. The van der Waals surface area contributed by atoms with Gasteiger partial charge in [-0.2, -0.15) is 0 Å². The van der Waals surface area contributed by atoms with E-state index < -0.39 is 0 Å². The molecule has 1 nitrogen and oxygen atoms in total. The van der Waals surface area contributed by atoms with Crippen LogP contribution in [-0.4, -0.2) is 25.9 Å². The molecule has 0 aromatic carbocycles. The van der Waals surface area contributed by atoms with E-state index in [1.54, 1.807) is 0 Å². The van der Waals surface area contributed by atoms with Crippen LogP contribution in [0.2, 0.25) is 0 Å². The second-order valence-electron chi connectivity index (χ2n) is 2.60. The minimum Gasteiger partial charge on any atom is -0.353 e. The molecule has 0 amide bonds. The van der Waals surface area contributed by atoms with Gasteiger partial charge < -0.3 is 4.81 Å². The first kappa shape index (κ1) is 9.02. The van der Waals surface area contributed by atoms with Crippen molar-refractivity contribution >= 4 is 7.98 Å². The van der Waals surface area contributed by atoms with Gasteiger partial charge in [0.2, 0.25) is 0 Å². The molecule has 0 aliphatic heterocycles. The average molecular weight is 125 g/mol. The van der Waals surface area contributed by atoms with Gasteiger partial charge in [0.05, 0.1) is 0 Å². The molecule has 52 valence electrons. The predicted molar refractivity (Wildman–Crippen MR) is 42.5 cm³/mol. The summed E-state index contributed by atoms with van der Waals surface area (Å²) in [7, 11) is 5.58. The molecule has 0 rings (SSSR count). The van der Waals surface area contributed by atoms with Gasteiger partial charge in [0.15, 0.2) is 7.98 Å². The lowest BCUT2D eigenvalue weighted by atomic mass is 10.1. The van der Waals surface area contributed by atoms with Gasteiger partial charge in [-0.15, -0.1) is 0 Å². The van der Waals surface area contributed by atoms with Gasteiger partial charge in [-0.25, -0.2) is 0 Å². The van der Waals surface area contributed by atoms with Gasteiger partial charge in [-0.1, -0.05) is 27.2 Å². The Balaban J connectivity index is 3.22. The van der Waals surface area contributed by atoms with Gasteiger partial charge in [0, 0.05) is 0 Å². The van der Waals surface area contributed by atoms with E-state index in [9.17, 15) is 0 Å². The van der Waals surface area contributed by atoms with Crippen LogP contribution in [-0.2, 0) is 0 Å². The molecular weight excluding hydrogens is 109 g/mol. The Labute approximate surface area is 59.9 Å². The van der Waals surface area contributed by atoms with Crippen LogP contribution >= 0.6 is 0 Å². The maximum atomic E-state index is 5.58. The van der Waals surface area contributed by atoms with Crippen molar-refractivity contribution in [2.24, 2.45) is 5.92 Å². The van der Waals surface area contributed by atoms with Gasteiger partial charge in [-0.05, 0) is 19.0 Å². The molecule has 0 N–H and O–H groups in total. The van der Waals surface area contributed by atoms with E-state index in [1.165, 1.54) is 6.42 Å². The van der Waals surface area contributed by atoms with Crippen LogP contribution in [0.3, 0.4) is 0 Å². The van der Waals surface area contributed by atoms with Crippen LogP contribution in [0.4, 0.5) is 0 Å². The Hall–Kier alpha value is 0.0249. The molecule has 0 aliphatic carbocycles. The summed E-state index contributed by atoms with van der Waals surface area (Å²) in [6.45, 7) is 8.45. The maximum absolute atomic E-state index is 5.58. The first-order chi connectivity index (χ1) is 4.20. The molecular formula is C7H16BN. The van der Waals surface area contributed by atoms with E-state index in [4.69, 9.17) is 7.98 Å². The van der Waals surface area contributed by atoms with Crippen LogP contribution in [0.1, 0.15) is 27.2 Å². The Morgan fingerprint density at radius 1 is 1.44 bits per heavy atom. The molecule has 1 unspecified atom stereocenters. The third-order valence-corrected chi connectivity index (χ3v) is 1.65. The SMILES string of the molecule is [B]N(CC)CC(C)CC. The molecule has 9 heavy (non-hydrogen) atoms. The lowest BCUT2D eigenvalue weighted by Crippen LogP contribution is -2.25. The number of hydrogen-bond acceptors (Lipinski definition) is 1. The van der Waals surface area contributed by atoms with Gasteiger partial charge in [-0.3, -0.25) is 0 Å². The molecule has 2 heteroatoms. The van der Waals surface area contributed by atoms with Crippen molar-refractivity contribution in [3.8, 4) is 0 Å². The summed E-state index contributed by atoms with van der Waals surface area (Å²) >= 11 is 0. The topological polar surface area (TPSA) is 3.24 Å². The zero-order chi connectivity index (χ0) is 7.28. The van der Waals surface area contributed by atoms with Gasteiger partial charge in [0.25, 0.3) is 0 Å². The minimum atomic E-state index is 0.731. The summed E-state index contributed by atoms with van der Waals surface area (Å²) < 4.78 is 0. The highest BCUT2D eigenvalue weighted by Gasteiger charge is 2.00. The maximum Gasteiger partial charge on any atom is 0.182 e. The standard InChI is InChI=1S/C7H16BN/c1-4-7(3)6-9(8)5-2/h7H,4-6H2,1-3H3. The zero-order valence-electron chi connectivity index (χ0n) is 6.72. The average Bonchev–Trinajstić information content (AvgIpc) is 1.87. The van der Waals surface area contributed by atoms with Crippen molar-refractivity contribution in [3.05, 3.63) is 0 Å². The molecule has 0 heterocycles. The fourth-order valence-electron chi connectivity index (χ4n) is 0.659. The van der Waals surface area contributed by atoms with E-state index in [0.29, 0.717) is 0 Å². The largest absolute Gasteiger partial charge is 0.353 e. The van der Waals surface area contributed by atoms with Crippen molar-refractivity contribution in [1.82, 2.24) is 4.81 Å². The Morgan fingerprint density at radius 3 is 2.33 bits per heavy atom.